The van der Waals surface area contributed by atoms with Crippen LogP contribution in [0, 0.1) is 13.8 Å². The first kappa shape index (κ1) is 20.3. The third-order valence-electron chi connectivity index (χ3n) is 5.93. The predicted molar refractivity (Wildman–Crippen MR) is 118 cm³/mol. The molecule has 2 amide bonds. The topological polar surface area (TPSA) is 61.9 Å². The van der Waals surface area contributed by atoms with Gasteiger partial charge in [0.05, 0.1) is 18.8 Å². The zero-order valence-corrected chi connectivity index (χ0v) is 17.7. The lowest BCUT2D eigenvalue weighted by atomic mass is 10.1. The minimum Gasteiger partial charge on any atom is -0.477 e. The normalized spacial score (nSPS) is 18.4. The summed E-state index contributed by atoms with van der Waals surface area (Å²) in [5, 5.41) is 2.98. The number of aryl methyl sites for hydroxylation is 2. The molecule has 0 bridgehead atoms. The second-order valence-electron chi connectivity index (χ2n) is 8.19. The maximum atomic E-state index is 13.0. The average molecular weight is 408 g/mol. The van der Waals surface area contributed by atoms with E-state index in [0.717, 1.165) is 42.9 Å². The fourth-order valence-corrected chi connectivity index (χ4v) is 4.10. The molecule has 0 saturated carbocycles. The van der Waals surface area contributed by atoms with Gasteiger partial charge in [-0.25, -0.2) is 0 Å². The van der Waals surface area contributed by atoms with Gasteiger partial charge in [0, 0.05) is 18.8 Å². The Morgan fingerprint density at radius 1 is 1.03 bits per heavy atom. The van der Waals surface area contributed by atoms with Crippen molar-refractivity contribution in [2.45, 2.75) is 39.2 Å². The Balaban J connectivity index is 1.48. The van der Waals surface area contributed by atoms with Crippen LogP contribution < -0.4 is 15.0 Å². The van der Waals surface area contributed by atoms with Crippen molar-refractivity contribution in [3.8, 4) is 5.75 Å². The Labute approximate surface area is 177 Å². The van der Waals surface area contributed by atoms with E-state index < -0.39 is 6.10 Å². The number of fused-ring (bicyclic) bond motifs is 1. The first-order valence-corrected chi connectivity index (χ1v) is 10.7. The molecule has 0 aromatic heterocycles. The molecule has 6 nitrogen and oxygen atoms in total. The van der Waals surface area contributed by atoms with Crippen LogP contribution >= 0.6 is 0 Å². The number of nitrogens with zero attached hydrogens (tertiary/aromatic N) is 2. The molecule has 2 heterocycles. The number of amides is 2. The molecule has 2 aliphatic heterocycles. The summed E-state index contributed by atoms with van der Waals surface area (Å²) < 4.78 is 6.04. The lowest BCUT2D eigenvalue weighted by Gasteiger charge is -2.38. The summed E-state index contributed by atoms with van der Waals surface area (Å²) in [5.74, 6) is 0.556. The fourth-order valence-electron chi connectivity index (χ4n) is 4.10. The molecule has 1 fully saturated rings. The highest BCUT2D eigenvalue weighted by Crippen LogP contribution is 2.33. The van der Waals surface area contributed by atoms with Crippen molar-refractivity contribution >= 4 is 23.2 Å². The SMILES string of the molecule is Cc1ccc(NC(=O)CN2C[C@@H](C(=O)N3CCCCC3)Oc3ccccc32)cc1C. The van der Waals surface area contributed by atoms with Gasteiger partial charge in [-0.1, -0.05) is 18.2 Å². The van der Waals surface area contributed by atoms with E-state index in [1.165, 1.54) is 12.0 Å². The Bertz CT molecular complexity index is 937. The molecule has 4 rings (SSSR count). The summed E-state index contributed by atoms with van der Waals surface area (Å²) in [5.41, 5.74) is 3.95. The fraction of sp³-hybridized carbons (Fsp3) is 0.417. The third kappa shape index (κ3) is 4.42. The number of para-hydroxylation sites is 2. The molecule has 1 N–H and O–H groups in total. The van der Waals surface area contributed by atoms with Crippen molar-refractivity contribution in [2.24, 2.45) is 0 Å². The number of hydrogen-bond acceptors (Lipinski definition) is 4. The molecule has 2 aliphatic rings. The van der Waals surface area contributed by atoms with Crippen molar-refractivity contribution in [1.29, 1.82) is 0 Å². The quantitative estimate of drug-likeness (QED) is 0.842. The van der Waals surface area contributed by atoms with Crippen LogP contribution in [0.1, 0.15) is 30.4 Å². The van der Waals surface area contributed by atoms with Gasteiger partial charge in [-0.3, -0.25) is 9.59 Å². The molecule has 1 atom stereocenters. The Morgan fingerprint density at radius 3 is 2.57 bits per heavy atom. The summed E-state index contributed by atoms with van der Waals surface area (Å²) in [7, 11) is 0. The van der Waals surface area contributed by atoms with E-state index in [9.17, 15) is 9.59 Å². The molecule has 0 unspecified atom stereocenters. The maximum absolute atomic E-state index is 13.0. The number of piperidine rings is 1. The van der Waals surface area contributed by atoms with Crippen molar-refractivity contribution in [1.82, 2.24) is 4.90 Å². The molecular weight excluding hydrogens is 378 g/mol. The van der Waals surface area contributed by atoms with Crippen LogP contribution in [0.2, 0.25) is 0 Å². The lowest BCUT2D eigenvalue weighted by molar-refractivity contribution is -0.139. The number of hydrogen-bond donors (Lipinski definition) is 1. The first-order chi connectivity index (χ1) is 14.5. The van der Waals surface area contributed by atoms with Crippen molar-refractivity contribution < 1.29 is 14.3 Å². The van der Waals surface area contributed by atoms with Gasteiger partial charge >= 0.3 is 0 Å². The number of anilines is 2. The minimum atomic E-state index is -0.590. The predicted octanol–water partition coefficient (Wildman–Crippen LogP) is 3.52. The number of likely N-dealkylation sites (tertiary alicyclic amines) is 1. The highest BCUT2D eigenvalue weighted by atomic mass is 16.5. The molecule has 2 aromatic carbocycles. The van der Waals surface area contributed by atoms with Crippen molar-refractivity contribution in [3.63, 3.8) is 0 Å². The molecular formula is C24H29N3O3. The summed E-state index contributed by atoms with van der Waals surface area (Å²) >= 11 is 0. The molecule has 2 aromatic rings. The Hall–Kier alpha value is -3.02. The van der Waals surface area contributed by atoms with Crippen molar-refractivity contribution in [3.05, 3.63) is 53.6 Å². The molecule has 158 valence electrons. The summed E-state index contributed by atoms with van der Waals surface area (Å²) in [4.78, 5) is 29.6. The highest BCUT2D eigenvalue weighted by Gasteiger charge is 2.34. The van der Waals surface area contributed by atoms with Crippen LogP contribution in [0.4, 0.5) is 11.4 Å². The highest BCUT2D eigenvalue weighted by molar-refractivity contribution is 5.95. The molecule has 0 aliphatic carbocycles. The zero-order chi connectivity index (χ0) is 21.1. The standard InChI is InChI=1S/C24H29N3O3/c1-17-10-11-19(14-18(17)2)25-23(28)16-27-15-22(24(29)26-12-6-3-7-13-26)30-21-9-5-4-8-20(21)27/h4-5,8-11,14,22H,3,6-7,12-13,15-16H2,1-2H3,(H,25,28)/t22-/m0/s1. The first-order valence-electron chi connectivity index (χ1n) is 10.7. The van der Waals surface area contributed by atoms with Crippen LogP contribution in [0.5, 0.6) is 5.75 Å². The molecule has 30 heavy (non-hydrogen) atoms. The van der Waals surface area contributed by atoms with E-state index >= 15 is 0 Å². The summed E-state index contributed by atoms with van der Waals surface area (Å²) in [6.07, 6.45) is 2.66. The van der Waals surface area contributed by atoms with Crippen LogP contribution in [0.25, 0.3) is 0 Å². The Kier molecular flexibility index (Phi) is 5.93. The average Bonchev–Trinajstić information content (AvgIpc) is 2.76. The second kappa shape index (κ2) is 8.78. The van der Waals surface area contributed by atoms with Crippen molar-refractivity contribution in [2.75, 3.05) is 36.4 Å². The largest absolute Gasteiger partial charge is 0.477 e. The van der Waals surface area contributed by atoms with E-state index in [1.807, 2.05) is 66.1 Å². The van der Waals surface area contributed by atoms with Crippen LogP contribution in [-0.4, -0.2) is 49.0 Å². The van der Waals surface area contributed by atoms with Gasteiger partial charge in [-0.15, -0.1) is 0 Å². The van der Waals surface area contributed by atoms with Crippen LogP contribution in [0.15, 0.2) is 42.5 Å². The number of benzene rings is 2. The minimum absolute atomic E-state index is 0.0174. The van der Waals surface area contributed by atoms with Gasteiger partial charge in [0.2, 0.25) is 5.91 Å². The number of rotatable bonds is 4. The van der Waals surface area contributed by atoms with E-state index in [4.69, 9.17) is 4.74 Å². The molecule has 6 heteroatoms. The van der Waals surface area contributed by atoms with E-state index in [2.05, 4.69) is 5.32 Å². The third-order valence-corrected chi connectivity index (χ3v) is 5.93. The van der Waals surface area contributed by atoms with E-state index in [-0.39, 0.29) is 18.4 Å². The number of carbonyl (C=O) groups excluding carboxylic acids is 2. The summed E-state index contributed by atoms with van der Waals surface area (Å²) in [6.45, 7) is 6.18. The second-order valence-corrected chi connectivity index (χ2v) is 8.19. The summed E-state index contributed by atoms with van der Waals surface area (Å²) in [6, 6.07) is 13.5. The lowest BCUT2D eigenvalue weighted by Crippen LogP contribution is -2.52. The van der Waals surface area contributed by atoms with Gasteiger partial charge in [-0.05, 0) is 68.5 Å². The van der Waals surface area contributed by atoms with E-state index in [0.29, 0.717) is 12.3 Å². The Morgan fingerprint density at radius 2 is 1.80 bits per heavy atom. The number of nitrogens with one attached hydrogen (secondary N) is 1. The van der Waals surface area contributed by atoms with Crippen LogP contribution in [-0.2, 0) is 9.59 Å². The zero-order valence-electron chi connectivity index (χ0n) is 17.7. The van der Waals surface area contributed by atoms with Gasteiger partial charge in [0.15, 0.2) is 6.10 Å². The smallest absolute Gasteiger partial charge is 0.265 e. The van der Waals surface area contributed by atoms with Crippen LogP contribution in [0.3, 0.4) is 0 Å². The van der Waals surface area contributed by atoms with E-state index in [1.54, 1.807) is 0 Å². The van der Waals surface area contributed by atoms with Gasteiger partial charge in [-0.2, -0.15) is 0 Å². The van der Waals surface area contributed by atoms with Gasteiger partial charge in [0.25, 0.3) is 5.91 Å². The number of carbonyl (C=O) groups is 2. The van der Waals surface area contributed by atoms with Gasteiger partial charge < -0.3 is 19.9 Å². The molecule has 1 saturated heterocycles. The maximum Gasteiger partial charge on any atom is 0.265 e. The monoisotopic (exact) mass is 407 g/mol. The van der Waals surface area contributed by atoms with Gasteiger partial charge in [0.1, 0.15) is 5.75 Å². The molecule has 0 spiro atoms. The number of ether oxygens (including phenoxy) is 1. The molecule has 0 radical (unpaired) electrons.